The monoisotopic (exact) mass is 262 g/mol. The summed E-state index contributed by atoms with van der Waals surface area (Å²) in [6.45, 7) is 1.17. The molecule has 1 unspecified atom stereocenters. The molecule has 0 aromatic carbocycles. The van der Waals surface area contributed by atoms with Gasteiger partial charge in [0.15, 0.2) is 0 Å². The number of hydrogen-bond donors (Lipinski definition) is 1. The minimum Gasteiger partial charge on any atom is -0.383 e. The molecule has 0 aliphatic rings. The molecule has 0 aliphatic carbocycles. The highest BCUT2D eigenvalue weighted by atomic mass is 16.5. The van der Waals surface area contributed by atoms with Crippen molar-refractivity contribution in [2.45, 2.75) is 12.6 Å². The molecule has 102 valence electrons. The minimum atomic E-state index is -0.0316. The fraction of sp³-hybridized carbons (Fsp3) is 0.385. The molecule has 2 aromatic heterocycles. The van der Waals surface area contributed by atoms with Gasteiger partial charge in [0, 0.05) is 26.0 Å². The van der Waals surface area contributed by atoms with Crippen LogP contribution >= 0.6 is 0 Å². The number of anilines is 1. The maximum absolute atomic E-state index is 5.89. The lowest BCUT2D eigenvalue weighted by Gasteiger charge is -2.17. The van der Waals surface area contributed by atoms with E-state index in [1.165, 1.54) is 0 Å². The summed E-state index contributed by atoms with van der Waals surface area (Å²) in [5.41, 5.74) is 7.68. The van der Waals surface area contributed by atoms with Crippen LogP contribution in [0.2, 0.25) is 0 Å². The Morgan fingerprint density at radius 2 is 2.26 bits per heavy atom. The number of ether oxygens (including phenoxy) is 2. The summed E-state index contributed by atoms with van der Waals surface area (Å²) in [6.07, 6.45) is 5.16. The first kappa shape index (κ1) is 13.5. The second kappa shape index (κ2) is 6.31. The third-order valence-electron chi connectivity index (χ3n) is 2.91. The minimum absolute atomic E-state index is 0.0316. The standard InChI is InChI=1S/C13H18N4O2/c1-18-8-10(19-2)7-17-9-15-6-12(17)11-4-3-5-16-13(11)14/h3-6,9-10H,7-8H2,1-2H3,(H2,14,16). The number of aromatic nitrogens is 3. The van der Waals surface area contributed by atoms with Crippen LogP contribution in [0, 0.1) is 0 Å². The molecule has 0 spiro atoms. The number of nitrogens with zero attached hydrogens (tertiary/aromatic N) is 3. The fourth-order valence-electron chi connectivity index (χ4n) is 1.93. The molecule has 6 heteroatoms. The quantitative estimate of drug-likeness (QED) is 0.846. The fourth-order valence-corrected chi connectivity index (χ4v) is 1.93. The van der Waals surface area contributed by atoms with Gasteiger partial charge in [-0.05, 0) is 12.1 Å². The number of rotatable bonds is 6. The van der Waals surface area contributed by atoms with Crippen molar-refractivity contribution in [2.75, 3.05) is 26.6 Å². The summed E-state index contributed by atoms with van der Waals surface area (Å²) in [7, 11) is 3.32. The van der Waals surface area contributed by atoms with E-state index >= 15 is 0 Å². The normalized spacial score (nSPS) is 12.5. The second-order valence-electron chi connectivity index (χ2n) is 4.18. The smallest absolute Gasteiger partial charge is 0.132 e. The molecule has 0 radical (unpaired) electrons. The van der Waals surface area contributed by atoms with Gasteiger partial charge in [-0.2, -0.15) is 0 Å². The predicted octanol–water partition coefficient (Wildman–Crippen LogP) is 1.19. The van der Waals surface area contributed by atoms with Crippen LogP contribution in [0.15, 0.2) is 30.9 Å². The summed E-state index contributed by atoms with van der Waals surface area (Å²) in [6, 6.07) is 3.78. The van der Waals surface area contributed by atoms with Crippen molar-refractivity contribution in [3.05, 3.63) is 30.9 Å². The van der Waals surface area contributed by atoms with Gasteiger partial charge in [0.25, 0.3) is 0 Å². The molecule has 2 rings (SSSR count). The van der Waals surface area contributed by atoms with Crippen LogP contribution < -0.4 is 5.73 Å². The first-order chi connectivity index (χ1) is 9.26. The van der Waals surface area contributed by atoms with Crippen LogP contribution in [-0.2, 0) is 16.0 Å². The number of hydrogen-bond acceptors (Lipinski definition) is 5. The van der Waals surface area contributed by atoms with Gasteiger partial charge in [-0.15, -0.1) is 0 Å². The third kappa shape index (κ3) is 3.10. The van der Waals surface area contributed by atoms with E-state index in [0.29, 0.717) is 19.0 Å². The van der Waals surface area contributed by atoms with Gasteiger partial charge in [-0.1, -0.05) is 0 Å². The Labute approximate surface area is 112 Å². The summed E-state index contributed by atoms with van der Waals surface area (Å²) >= 11 is 0. The van der Waals surface area contributed by atoms with Crippen molar-refractivity contribution in [1.82, 2.24) is 14.5 Å². The van der Waals surface area contributed by atoms with Crippen molar-refractivity contribution in [3.8, 4) is 11.3 Å². The van der Waals surface area contributed by atoms with Gasteiger partial charge in [-0.25, -0.2) is 9.97 Å². The highest BCUT2D eigenvalue weighted by Crippen LogP contribution is 2.23. The molecular formula is C13H18N4O2. The molecule has 0 bridgehead atoms. The van der Waals surface area contributed by atoms with Crippen molar-refractivity contribution < 1.29 is 9.47 Å². The van der Waals surface area contributed by atoms with Gasteiger partial charge >= 0.3 is 0 Å². The summed E-state index contributed by atoms with van der Waals surface area (Å²) in [5.74, 6) is 0.491. The molecule has 0 amide bonds. The SMILES string of the molecule is COCC(Cn1cncc1-c1cccnc1N)OC. The topological polar surface area (TPSA) is 75.2 Å². The molecule has 0 saturated heterocycles. The van der Waals surface area contributed by atoms with E-state index < -0.39 is 0 Å². The molecule has 0 fully saturated rings. The molecule has 6 nitrogen and oxygen atoms in total. The van der Waals surface area contributed by atoms with E-state index in [9.17, 15) is 0 Å². The number of imidazole rings is 1. The Morgan fingerprint density at radius 1 is 1.42 bits per heavy atom. The molecule has 19 heavy (non-hydrogen) atoms. The summed E-state index contributed by atoms with van der Waals surface area (Å²) < 4.78 is 12.5. The average molecular weight is 262 g/mol. The third-order valence-corrected chi connectivity index (χ3v) is 2.91. The van der Waals surface area contributed by atoms with Crippen molar-refractivity contribution in [3.63, 3.8) is 0 Å². The summed E-state index contributed by atoms with van der Waals surface area (Å²) in [5, 5.41) is 0. The van der Waals surface area contributed by atoms with Gasteiger partial charge < -0.3 is 19.8 Å². The highest BCUT2D eigenvalue weighted by molar-refractivity contribution is 5.70. The number of methoxy groups -OCH3 is 2. The zero-order chi connectivity index (χ0) is 13.7. The van der Waals surface area contributed by atoms with Gasteiger partial charge in [0.05, 0.1) is 37.5 Å². The Kier molecular flexibility index (Phi) is 4.48. The number of pyridine rings is 1. The lowest BCUT2D eigenvalue weighted by Crippen LogP contribution is -2.23. The Balaban J connectivity index is 2.25. The molecular weight excluding hydrogens is 244 g/mol. The zero-order valence-electron chi connectivity index (χ0n) is 11.1. The molecule has 2 aromatic rings. The maximum Gasteiger partial charge on any atom is 0.132 e. The lowest BCUT2D eigenvalue weighted by molar-refractivity contribution is 0.0186. The zero-order valence-corrected chi connectivity index (χ0v) is 11.1. The molecule has 1 atom stereocenters. The van der Waals surface area contributed by atoms with E-state index in [-0.39, 0.29) is 6.10 Å². The largest absolute Gasteiger partial charge is 0.383 e. The molecule has 0 aliphatic heterocycles. The van der Waals surface area contributed by atoms with E-state index in [1.807, 2.05) is 16.7 Å². The van der Waals surface area contributed by atoms with E-state index in [2.05, 4.69) is 9.97 Å². The number of nitrogens with two attached hydrogens (primary N) is 1. The van der Waals surface area contributed by atoms with Crippen LogP contribution in [0.25, 0.3) is 11.3 Å². The number of nitrogen functional groups attached to an aromatic ring is 1. The molecule has 2 heterocycles. The first-order valence-electron chi connectivity index (χ1n) is 5.99. The van der Waals surface area contributed by atoms with E-state index in [1.54, 1.807) is 32.9 Å². The van der Waals surface area contributed by atoms with Gasteiger partial charge in [-0.3, -0.25) is 0 Å². The van der Waals surface area contributed by atoms with Gasteiger partial charge in [0.2, 0.25) is 0 Å². The summed E-state index contributed by atoms with van der Waals surface area (Å²) in [4.78, 5) is 8.26. The van der Waals surface area contributed by atoms with Crippen LogP contribution in [0.1, 0.15) is 0 Å². The highest BCUT2D eigenvalue weighted by Gasteiger charge is 2.13. The Hall–Kier alpha value is -1.92. The first-order valence-corrected chi connectivity index (χ1v) is 5.99. The van der Waals surface area contributed by atoms with Crippen molar-refractivity contribution in [2.24, 2.45) is 0 Å². The second-order valence-corrected chi connectivity index (χ2v) is 4.18. The maximum atomic E-state index is 5.89. The predicted molar refractivity (Wildman–Crippen MR) is 72.5 cm³/mol. The lowest BCUT2D eigenvalue weighted by atomic mass is 10.2. The average Bonchev–Trinajstić information content (AvgIpc) is 2.87. The van der Waals surface area contributed by atoms with Crippen molar-refractivity contribution >= 4 is 5.82 Å². The molecule has 2 N–H and O–H groups in total. The van der Waals surface area contributed by atoms with Crippen LogP contribution in [-0.4, -0.2) is 41.5 Å². The van der Waals surface area contributed by atoms with Crippen LogP contribution in [0.4, 0.5) is 5.82 Å². The van der Waals surface area contributed by atoms with Crippen LogP contribution in [0.5, 0.6) is 0 Å². The van der Waals surface area contributed by atoms with E-state index in [4.69, 9.17) is 15.2 Å². The van der Waals surface area contributed by atoms with E-state index in [0.717, 1.165) is 11.3 Å². The van der Waals surface area contributed by atoms with Crippen molar-refractivity contribution in [1.29, 1.82) is 0 Å². The molecule has 0 saturated carbocycles. The Morgan fingerprint density at radius 3 is 2.95 bits per heavy atom. The van der Waals surface area contributed by atoms with Crippen LogP contribution in [0.3, 0.4) is 0 Å². The Bertz CT molecular complexity index is 527. The van der Waals surface area contributed by atoms with Gasteiger partial charge in [0.1, 0.15) is 5.82 Å².